The van der Waals surface area contributed by atoms with Crippen LogP contribution >= 0.6 is 0 Å². The van der Waals surface area contributed by atoms with Crippen LogP contribution in [0.15, 0.2) is 161 Å². The van der Waals surface area contributed by atoms with Gasteiger partial charge in [-0.25, -0.2) is 28.7 Å². The first-order valence-electron chi connectivity index (χ1n) is 20.6. The number of hydrogen-bond donors (Lipinski definition) is 3. The zero-order valence-electron chi connectivity index (χ0n) is 34.7. The van der Waals surface area contributed by atoms with Crippen molar-refractivity contribution >= 4 is 11.6 Å². The summed E-state index contributed by atoms with van der Waals surface area (Å²) in [7, 11) is 2.03. The summed E-state index contributed by atoms with van der Waals surface area (Å²) >= 11 is 0. The Morgan fingerprint density at radius 2 is 1.10 bits per heavy atom. The second-order valence-electron chi connectivity index (χ2n) is 15.5. The van der Waals surface area contributed by atoms with E-state index in [0.29, 0.717) is 47.5 Å². The van der Waals surface area contributed by atoms with E-state index < -0.39 is 5.60 Å². The minimum atomic E-state index is -1.14. The van der Waals surface area contributed by atoms with E-state index in [2.05, 4.69) is 68.6 Å². The van der Waals surface area contributed by atoms with Gasteiger partial charge in [0.05, 0.1) is 0 Å². The molecule has 1 fully saturated rings. The van der Waals surface area contributed by atoms with E-state index in [4.69, 9.17) is 13.8 Å². The van der Waals surface area contributed by atoms with Crippen molar-refractivity contribution in [3.8, 4) is 45.2 Å². The van der Waals surface area contributed by atoms with E-state index in [-0.39, 0.29) is 23.7 Å². The van der Waals surface area contributed by atoms with Gasteiger partial charge in [-0.1, -0.05) is 60.7 Å². The molecule has 9 rings (SSSR count). The number of aliphatic hydroxyl groups is 1. The normalized spacial score (nSPS) is 14.6. The van der Waals surface area contributed by atoms with Gasteiger partial charge in [-0.15, -0.1) is 0 Å². The highest BCUT2D eigenvalue weighted by molar-refractivity contribution is 5.79. The van der Waals surface area contributed by atoms with Crippen LogP contribution in [-0.4, -0.2) is 50.1 Å². The molecule has 5 heterocycles. The maximum absolute atomic E-state index is 13.6. The molecule has 314 valence electrons. The van der Waals surface area contributed by atoms with Gasteiger partial charge in [0.1, 0.15) is 40.3 Å². The monoisotopic (exact) mass is 831 g/mol. The lowest BCUT2D eigenvalue weighted by Crippen LogP contribution is -2.40. The molecule has 12 heteroatoms. The number of anilines is 2. The number of nitrogens with zero attached hydrogens (tertiary/aromatic N) is 5. The van der Waals surface area contributed by atoms with Crippen LogP contribution in [-0.2, 0) is 5.60 Å². The predicted octanol–water partition coefficient (Wildman–Crippen LogP) is 11.3. The number of nitrogens with one attached hydrogen (secondary N) is 2. The second-order valence-corrected chi connectivity index (χ2v) is 15.5. The van der Waals surface area contributed by atoms with Crippen molar-refractivity contribution in [1.82, 2.24) is 24.8 Å². The highest BCUT2D eigenvalue weighted by Gasteiger charge is 2.39. The van der Waals surface area contributed by atoms with Crippen molar-refractivity contribution < 1.29 is 22.7 Å². The molecule has 0 radical (unpaired) electrons. The average Bonchev–Trinajstić information content (AvgIpc) is 3.99. The Hall–Kier alpha value is -7.02. The number of aromatic nitrogens is 4. The van der Waals surface area contributed by atoms with Crippen molar-refractivity contribution in [2.45, 2.75) is 44.4 Å². The Labute approximate surface area is 359 Å². The molecule has 4 aromatic heterocycles. The van der Waals surface area contributed by atoms with Crippen LogP contribution in [0.2, 0.25) is 0 Å². The molecule has 8 aromatic rings. The van der Waals surface area contributed by atoms with Gasteiger partial charge in [0, 0.05) is 59.8 Å². The number of oxazole rings is 2. The molecule has 1 aliphatic rings. The number of pyridine rings is 2. The number of piperidine rings is 1. The van der Waals surface area contributed by atoms with Gasteiger partial charge in [-0.05, 0) is 118 Å². The molecule has 0 spiro atoms. The van der Waals surface area contributed by atoms with Crippen molar-refractivity contribution in [1.29, 1.82) is 0 Å². The first kappa shape index (κ1) is 41.7. The van der Waals surface area contributed by atoms with Crippen LogP contribution in [0.3, 0.4) is 0 Å². The lowest BCUT2D eigenvalue weighted by Gasteiger charge is -2.34. The van der Waals surface area contributed by atoms with E-state index in [1.807, 2.05) is 67.7 Å². The van der Waals surface area contributed by atoms with E-state index in [1.165, 1.54) is 36.2 Å². The molecular formula is C50H47F2N7O3. The number of rotatable bonds is 11. The van der Waals surface area contributed by atoms with Crippen molar-refractivity contribution in [3.63, 3.8) is 0 Å². The predicted molar refractivity (Wildman–Crippen MR) is 238 cm³/mol. The van der Waals surface area contributed by atoms with Gasteiger partial charge < -0.3 is 29.5 Å². The van der Waals surface area contributed by atoms with Gasteiger partial charge >= 0.3 is 0 Å². The van der Waals surface area contributed by atoms with Gasteiger partial charge in [-0.3, -0.25) is 0 Å². The fraction of sp³-hybridized carbons (Fsp3) is 0.200. The molecular weight excluding hydrogens is 785 g/mol. The standard InChI is InChI=1S/C28H29FN4O2.C22H18FN3O/c1-19(20-6-4-3-5-7-20)31-24-18-22(12-15-30-24)26-25(21-8-10-23(29)11-9-21)32-27(35-26)28(34)13-16-33(2)17-14-28;1-15(16-5-3-2-4-6-16)26-20-13-18(11-12-24-20)22-21(25-14-27-22)17-7-9-19(23)10-8-17/h3-12,15,18-19,34H,13-14,16-17H2,1-2H3,(H,30,31);2-15H,1H3,(H,24,26)/t19-;15-/m00/s1. The number of benzene rings is 4. The molecule has 3 N–H and O–H groups in total. The van der Waals surface area contributed by atoms with E-state index >= 15 is 0 Å². The van der Waals surface area contributed by atoms with Crippen LogP contribution in [0.25, 0.3) is 45.2 Å². The molecule has 0 saturated carbocycles. The quantitative estimate of drug-likeness (QED) is 0.116. The highest BCUT2D eigenvalue weighted by Crippen LogP contribution is 2.40. The zero-order chi connectivity index (χ0) is 43.1. The second kappa shape index (κ2) is 18.7. The minimum absolute atomic E-state index is 0.0562. The summed E-state index contributed by atoms with van der Waals surface area (Å²) in [5, 5.41) is 18.2. The highest BCUT2D eigenvalue weighted by atomic mass is 19.1. The summed E-state index contributed by atoms with van der Waals surface area (Å²) in [6.07, 6.45) is 5.91. The van der Waals surface area contributed by atoms with Gasteiger partial charge in [0.2, 0.25) is 5.89 Å². The summed E-state index contributed by atoms with van der Waals surface area (Å²) < 4.78 is 38.7. The molecule has 62 heavy (non-hydrogen) atoms. The van der Waals surface area contributed by atoms with Gasteiger partial charge in [-0.2, -0.15) is 0 Å². The average molecular weight is 832 g/mol. The van der Waals surface area contributed by atoms with Crippen LogP contribution in [0.4, 0.5) is 20.4 Å². The van der Waals surface area contributed by atoms with Crippen molar-refractivity contribution in [2.75, 3.05) is 30.8 Å². The minimum Gasteiger partial charge on any atom is -0.443 e. The molecule has 0 bridgehead atoms. The van der Waals surface area contributed by atoms with Crippen molar-refractivity contribution in [2.24, 2.45) is 0 Å². The Morgan fingerprint density at radius 3 is 1.61 bits per heavy atom. The maximum Gasteiger partial charge on any atom is 0.227 e. The number of likely N-dealkylation sites (tertiary alicyclic amines) is 1. The molecule has 0 aliphatic carbocycles. The Kier molecular flexibility index (Phi) is 12.6. The van der Waals surface area contributed by atoms with E-state index in [0.717, 1.165) is 46.7 Å². The summed E-state index contributed by atoms with van der Waals surface area (Å²) in [6.45, 7) is 5.67. The Bertz CT molecular complexity index is 2680. The third kappa shape index (κ3) is 9.78. The SMILES string of the molecule is C[C@H](Nc1cc(-c2oc(C3(O)CCN(C)CC3)nc2-c2ccc(F)cc2)ccn1)c1ccccc1.C[C@H](Nc1cc(-c2ocnc2-c2ccc(F)cc2)ccn1)c1ccccc1. The number of halogens is 2. The smallest absolute Gasteiger partial charge is 0.227 e. The first-order chi connectivity index (χ1) is 30.1. The van der Waals surface area contributed by atoms with Gasteiger partial charge in [0.25, 0.3) is 0 Å². The largest absolute Gasteiger partial charge is 0.443 e. The first-order valence-corrected chi connectivity index (χ1v) is 20.6. The lowest BCUT2D eigenvalue weighted by atomic mass is 9.91. The summed E-state index contributed by atoms with van der Waals surface area (Å²) in [5.41, 5.74) is 5.57. The third-order valence-electron chi connectivity index (χ3n) is 11.0. The molecule has 10 nitrogen and oxygen atoms in total. The summed E-state index contributed by atoms with van der Waals surface area (Å²) in [4.78, 5) is 20.1. The molecule has 0 unspecified atom stereocenters. The number of hydrogen-bond acceptors (Lipinski definition) is 10. The van der Waals surface area contributed by atoms with E-state index in [9.17, 15) is 13.9 Å². The Balaban J connectivity index is 0.000000176. The molecule has 0 amide bonds. The molecule has 4 aromatic carbocycles. The van der Waals surface area contributed by atoms with Crippen LogP contribution < -0.4 is 10.6 Å². The Morgan fingerprint density at radius 1 is 0.613 bits per heavy atom. The van der Waals surface area contributed by atoms with Crippen LogP contribution in [0.1, 0.15) is 55.8 Å². The topological polar surface area (TPSA) is 125 Å². The van der Waals surface area contributed by atoms with E-state index in [1.54, 1.807) is 36.7 Å². The lowest BCUT2D eigenvalue weighted by molar-refractivity contribution is -0.0410. The summed E-state index contributed by atoms with van der Waals surface area (Å²) in [6, 6.07) is 40.4. The van der Waals surface area contributed by atoms with Gasteiger partial charge in [0.15, 0.2) is 17.9 Å². The fourth-order valence-corrected chi connectivity index (χ4v) is 7.38. The maximum atomic E-state index is 13.6. The zero-order valence-corrected chi connectivity index (χ0v) is 34.7. The molecule has 1 aliphatic heterocycles. The van der Waals surface area contributed by atoms with Crippen LogP contribution in [0.5, 0.6) is 0 Å². The van der Waals surface area contributed by atoms with Crippen molar-refractivity contribution in [3.05, 3.63) is 181 Å². The molecule has 1 saturated heterocycles. The fourth-order valence-electron chi connectivity index (χ4n) is 7.38. The third-order valence-corrected chi connectivity index (χ3v) is 11.0. The summed E-state index contributed by atoms with van der Waals surface area (Å²) in [5.74, 6) is 2.28. The van der Waals surface area contributed by atoms with Crippen LogP contribution in [0, 0.1) is 11.6 Å². The molecule has 2 atom stereocenters.